The number of benzene rings is 1. The van der Waals surface area contributed by atoms with E-state index in [1.807, 2.05) is 37.5 Å². The molecule has 4 rings (SSSR count). The summed E-state index contributed by atoms with van der Waals surface area (Å²) in [5.41, 5.74) is 4.51. The van der Waals surface area contributed by atoms with Crippen LogP contribution in [0.4, 0.5) is 4.39 Å². The molecule has 0 radical (unpaired) electrons. The van der Waals surface area contributed by atoms with Gasteiger partial charge in [0.25, 0.3) is 5.91 Å². The van der Waals surface area contributed by atoms with Crippen molar-refractivity contribution in [2.45, 2.75) is 46.6 Å². The lowest BCUT2D eigenvalue weighted by molar-refractivity contribution is 0.0843. The van der Waals surface area contributed by atoms with Gasteiger partial charge in [0.2, 0.25) is 0 Å². The van der Waals surface area contributed by atoms with Gasteiger partial charge in [0.05, 0.1) is 12.8 Å². The minimum Gasteiger partial charge on any atom is -0.459 e. The van der Waals surface area contributed by atoms with E-state index in [1.54, 1.807) is 19.1 Å². The van der Waals surface area contributed by atoms with Crippen LogP contribution >= 0.6 is 0 Å². The highest BCUT2D eigenvalue weighted by Gasteiger charge is 2.25. The van der Waals surface area contributed by atoms with Gasteiger partial charge in [0.1, 0.15) is 5.82 Å². The number of halogens is 1. The van der Waals surface area contributed by atoms with Crippen molar-refractivity contribution in [2.24, 2.45) is 0 Å². The lowest BCUT2D eigenvalue weighted by Crippen LogP contribution is -2.46. The second-order valence-electron chi connectivity index (χ2n) is 8.93. The van der Waals surface area contributed by atoms with Crippen molar-refractivity contribution in [3.8, 4) is 5.69 Å². The number of Topliss-reactive ketones (excluding diaryl/α,β-unsaturated/α-hetero) is 1. The van der Waals surface area contributed by atoms with E-state index in [0.29, 0.717) is 23.4 Å². The smallest absolute Gasteiger partial charge is 0.287 e. The summed E-state index contributed by atoms with van der Waals surface area (Å²) in [6.07, 6.45) is 3.08. The summed E-state index contributed by atoms with van der Waals surface area (Å²) in [5.74, 6) is -0.0379. The highest BCUT2D eigenvalue weighted by molar-refractivity contribution is 5.99. The van der Waals surface area contributed by atoms with Gasteiger partial charge in [-0.15, -0.1) is 0 Å². The average molecular weight is 452 g/mol. The Morgan fingerprint density at radius 3 is 2.42 bits per heavy atom. The summed E-state index contributed by atoms with van der Waals surface area (Å²) in [6.45, 7) is 9.19. The molecule has 0 saturated carbocycles. The van der Waals surface area contributed by atoms with Crippen LogP contribution in [0.25, 0.3) is 5.69 Å². The number of ketones is 1. The summed E-state index contributed by atoms with van der Waals surface area (Å²) in [4.78, 5) is 27.6. The van der Waals surface area contributed by atoms with Crippen LogP contribution in [0.3, 0.4) is 0 Å². The number of likely N-dealkylation sites (tertiary alicyclic amines) is 1. The van der Waals surface area contributed by atoms with Gasteiger partial charge < -0.3 is 14.3 Å². The fraction of sp³-hybridized carbons (Fsp3) is 0.385. The molecular formula is C26H30FN3O3. The first-order chi connectivity index (χ1) is 15.7. The van der Waals surface area contributed by atoms with E-state index < -0.39 is 0 Å². The molecule has 0 atom stereocenters. The van der Waals surface area contributed by atoms with Crippen LogP contribution < -0.4 is 5.32 Å². The number of rotatable bonds is 6. The van der Waals surface area contributed by atoms with Crippen LogP contribution in [-0.2, 0) is 0 Å². The second kappa shape index (κ2) is 9.35. The maximum Gasteiger partial charge on any atom is 0.287 e. The van der Waals surface area contributed by atoms with E-state index >= 15 is 0 Å². The van der Waals surface area contributed by atoms with Crippen LogP contribution in [0.15, 0.2) is 41.0 Å². The zero-order valence-corrected chi connectivity index (χ0v) is 19.6. The lowest BCUT2D eigenvalue weighted by Gasteiger charge is -2.31. The van der Waals surface area contributed by atoms with Gasteiger partial charge in [-0.05, 0) is 70.4 Å². The lowest BCUT2D eigenvalue weighted by atomic mass is 10.0. The number of carbonyl (C=O) groups excluding carboxylic acids is 2. The molecule has 7 heteroatoms. The van der Waals surface area contributed by atoms with Gasteiger partial charge >= 0.3 is 0 Å². The summed E-state index contributed by atoms with van der Waals surface area (Å²) in [7, 11) is 0. The molecule has 1 saturated heterocycles. The molecule has 1 amide bonds. The predicted octanol–water partition coefficient (Wildman–Crippen LogP) is 4.52. The van der Waals surface area contributed by atoms with Gasteiger partial charge in [-0.3, -0.25) is 14.5 Å². The highest BCUT2D eigenvalue weighted by Crippen LogP contribution is 2.23. The first-order valence-corrected chi connectivity index (χ1v) is 11.3. The topological polar surface area (TPSA) is 67.5 Å². The number of aryl methyl sites for hydroxylation is 3. The molecule has 1 aliphatic rings. The molecule has 33 heavy (non-hydrogen) atoms. The number of hydrogen-bond acceptors (Lipinski definition) is 4. The van der Waals surface area contributed by atoms with E-state index in [2.05, 4.69) is 10.2 Å². The third-order valence-electron chi connectivity index (χ3n) is 6.50. The van der Waals surface area contributed by atoms with E-state index in [0.717, 1.165) is 48.6 Å². The van der Waals surface area contributed by atoms with Crippen molar-refractivity contribution in [3.63, 3.8) is 0 Å². The molecule has 0 spiro atoms. The molecule has 6 nitrogen and oxygen atoms in total. The molecule has 3 heterocycles. The summed E-state index contributed by atoms with van der Waals surface area (Å²) in [5, 5.41) is 3.04. The molecule has 3 aromatic rings. The Morgan fingerprint density at radius 2 is 1.79 bits per heavy atom. The maximum atomic E-state index is 14.1. The number of aromatic nitrogens is 1. The predicted molar refractivity (Wildman–Crippen MR) is 125 cm³/mol. The van der Waals surface area contributed by atoms with Crippen LogP contribution in [0.5, 0.6) is 0 Å². The Kier molecular flexibility index (Phi) is 6.51. The normalized spacial score (nSPS) is 15.1. The first-order valence-electron chi connectivity index (χ1n) is 11.3. The Bertz CT molecular complexity index is 1190. The van der Waals surface area contributed by atoms with Crippen molar-refractivity contribution < 1.29 is 18.4 Å². The number of nitrogens with zero attached hydrogens (tertiary/aromatic N) is 2. The van der Waals surface area contributed by atoms with Gasteiger partial charge in [0.15, 0.2) is 11.5 Å². The monoisotopic (exact) mass is 451 g/mol. The number of carbonyl (C=O) groups is 2. The Hall–Kier alpha value is -3.19. The highest BCUT2D eigenvalue weighted by atomic mass is 19.1. The number of piperidine rings is 1. The van der Waals surface area contributed by atoms with E-state index in [-0.39, 0.29) is 23.5 Å². The van der Waals surface area contributed by atoms with Crippen LogP contribution in [-0.4, -0.2) is 46.8 Å². The number of hydrogen-bond donors (Lipinski definition) is 1. The minimum absolute atomic E-state index is 0.0515. The molecule has 0 bridgehead atoms. The minimum atomic E-state index is -0.259. The standard InChI is InChI=1S/C26H30FN3O3/c1-16-5-6-21(14-23(16)27)30-18(3)13-22(19(30)4)24(31)15-29-10-7-20(8-11-29)28-26(32)25-17(2)9-12-33-25/h5-6,9,12-14,20H,7-8,10-11,15H2,1-4H3,(H,28,32). The second-order valence-corrected chi connectivity index (χ2v) is 8.93. The van der Waals surface area contributed by atoms with Gasteiger partial charge in [-0.2, -0.15) is 0 Å². The molecular weight excluding hydrogens is 421 g/mol. The molecule has 0 unspecified atom stereocenters. The van der Waals surface area contributed by atoms with Gasteiger partial charge in [-0.25, -0.2) is 4.39 Å². The van der Waals surface area contributed by atoms with E-state index in [1.165, 1.54) is 12.3 Å². The average Bonchev–Trinajstić information content (AvgIpc) is 3.34. The van der Waals surface area contributed by atoms with Crippen molar-refractivity contribution in [1.29, 1.82) is 0 Å². The van der Waals surface area contributed by atoms with Gasteiger partial charge in [-0.1, -0.05) is 6.07 Å². The van der Waals surface area contributed by atoms with Gasteiger partial charge in [0, 0.05) is 47.3 Å². The number of amides is 1. The Labute approximate surface area is 193 Å². The summed E-state index contributed by atoms with van der Waals surface area (Å²) >= 11 is 0. The third kappa shape index (κ3) is 4.78. The van der Waals surface area contributed by atoms with Crippen molar-refractivity contribution in [2.75, 3.05) is 19.6 Å². The summed E-state index contributed by atoms with van der Waals surface area (Å²) < 4.78 is 21.3. The molecule has 0 aliphatic carbocycles. The fourth-order valence-electron chi connectivity index (χ4n) is 4.54. The first kappa shape index (κ1) is 23.0. The molecule has 1 aromatic carbocycles. The third-order valence-corrected chi connectivity index (χ3v) is 6.50. The van der Waals surface area contributed by atoms with Crippen LogP contribution in [0.1, 0.15) is 56.3 Å². The summed E-state index contributed by atoms with van der Waals surface area (Å²) in [6, 6.07) is 8.85. The van der Waals surface area contributed by atoms with Crippen molar-refractivity contribution >= 4 is 11.7 Å². The Morgan fingerprint density at radius 1 is 1.06 bits per heavy atom. The maximum absolute atomic E-state index is 14.1. The number of nitrogens with one attached hydrogen (secondary N) is 1. The SMILES string of the molecule is Cc1ccc(-n2c(C)cc(C(=O)CN3CCC(NC(=O)c4occc4C)CC3)c2C)cc1F. The van der Waals surface area contributed by atoms with E-state index in [4.69, 9.17) is 4.42 Å². The zero-order valence-electron chi connectivity index (χ0n) is 19.6. The molecule has 2 aromatic heterocycles. The van der Waals surface area contributed by atoms with E-state index in [9.17, 15) is 14.0 Å². The van der Waals surface area contributed by atoms with Crippen LogP contribution in [0.2, 0.25) is 0 Å². The molecule has 1 aliphatic heterocycles. The quantitative estimate of drug-likeness (QED) is 0.560. The molecule has 1 N–H and O–H groups in total. The molecule has 1 fully saturated rings. The number of furan rings is 1. The largest absolute Gasteiger partial charge is 0.459 e. The van der Waals surface area contributed by atoms with Crippen LogP contribution in [0, 0.1) is 33.5 Å². The Balaban J connectivity index is 1.37. The fourth-order valence-corrected chi connectivity index (χ4v) is 4.54. The molecule has 174 valence electrons. The van der Waals surface area contributed by atoms with Crippen molar-refractivity contribution in [1.82, 2.24) is 14.8 Å². The zero-order chi connectivity index (χ0) is 23.7. The van der Waals surface area contributed by atoms with Crippen molar-refractivity contribution in [3.05, 3.63) is 76.3 Å².